The van der Waals surface area contributed by atoms with E-state index in [-0.39, 0.29) is 11.4 Å². The van der Waals surface area contributed by atoms with Crippen LogP contribution in [-0.2, 0) is 17.1 Å². The van der Waals surface area contributed by atoms with Crippen molar-refractivity contribution in [1.82, 2.24) is 0 Å². The monoisotopic (exact) mass is 374 g/mol. The molecular weight excluding hydrogens is 351 g/mol. The van der Waals surface area contributed by atoms with Crippen LogP contribution in [0.3, 0.4) is 0 Å². The average Bonchev–Trinajstić information content (AvgIpc) is 2.58. The molecule has 0 spiro atoms. The molecule has 0 fully saturated rings. The second-order valence-electron chi connectivity index (χ2n) is 7.13. The van der Waals surface area contributed by atoms with Gasteiger partial charge in [-0.3, -0.25) is 4.99 Å². The summed E-state index contributed by atoms with van der Waals surface area (Å²) in [5.74, 6) is 0.839. The number of nitrogens with two attached hydrogens (primary N) is 1. The first kappa shape index (κ1) is 18.7. The first-order valence-electron chi connectivity index (χ1n) is 8.44. The van der Waals surface area contributed by atoms with Crippen LogP contribution in [0.2, 0.25) is 0 Å². The summed E-state index contributed by atoms with van der Waals surface area (Å²) in [6, 6.07) is 12.6. The van der Waals surface area contributed by atoms with Crippen LogP contribution >= 0.6 is 11.8 Å². The molecule has 2 aromatic rings. The fourth-order valence-electron chi connectivity index (χ4n) is 2.67. The highest BCUT2D eigenvalue weighted by Crippen LogP contribution is 2.38. The Hall–Kier alpha value is -2.05. The molecule has 0 aromatic heterocycles. The van der Waals surface area contributed by atoms with Crippen LogP contribution in [0.4, 0.5) is 4.39 Å². The molecule has 0 bridgehead atoms. The Morgan fingerprint density at radius 2 is 2.00 bits per heavy atom. The molecule has 26 heavy (non-hydrogen) atoms. The van der Waals surface area contributed by atoms with Gasteiger partial charge in [0.15, 0.2) is 5.17 Å². The molecule has 138 valence electrons. The summed E-state index contributed by atoms with van der Waals surface area (Å²) in [4.78, 5) is 4.42. The third kappa shape index (κ3) is 4.77. The molecule has 0 aliphatic carbocycles. The number of fused-ring (bicyclic) bond motifs is 1. The number of thioether (sulfide) groups is 1. The Kier molecular flexibility index (Phi) is 5.53. The lowest BCUT2D eigenvalue weighted by Crippen LogP contribution is -2.20. The fraction of sp³-hybridized carbons (Fsp3) is 0.350. The van der Waals surface area contributed by atoms with Gasteiger partial charge in [0.2, 0.25) is 6.29 Å². The zero-order chi connectivity index (χ0) is 18.7. The molecule has 1 atom stereocenters. The van der Waals surface area contributed by atoms with Crippen molar-refractivity contribution in [2.75, 3.05) is 0 Å². The molecule has 1 aliphatic rings. The smallest absolute Gasteiger partial charge is 0.227 e. The molecule has 1 aliphatic heterocycles. The number of ether oxygens (including phenoxy) is 2. The minimum Gasteiger partial charge on any atom is -0.460 e. The number of hydrogen-bond donors (Lipinski definition) is 1. The highest BCUT2D eigenvalue weighted by Gasteiger charge is 2.25. The summed E-state index contributed by atoms with van der Waals surface area (Å²) in [5.41, 5.74) is 8.13. The maximum absolute atomic E-state index is 14.0. The molecule has 4 nitrogen and oxygen atoms in total. The van der Waals surface area contributed by atoms with Crippen molar-refractivity contribution in [3.8, 4) is 5.75 Å². The van der Waals surface area contributed by atoms with Crippen molar-refractivity contribution in [2.24, 2.45) is 10.7 Å². The van der Waals surface area contributed by atoms with Crippen LogP contribution in [0.25, 0.3) is 0 Å². The van der Waals surface area contributed by atoms with Crippen molar-refractivity contribution in [1.29, 1.82) is 0 Å². The second-order valence-corrected chi connectivity index (χ2v) is 8.13. The van der Waals surface area contributed by atoms with Gasteiger partial charge in [-0.1, -0.05) is 42.1 Å². The fourth-order valence-corrected chi connectivity index (χ4v) is 3.53. The molecule has 0 unspecified atom stereocenters. The average molecular weight is 374 g/mol. The summed E-state index contributed by atoms with van der Waals surface area (Å²) in [6.45, 7) is 6.25. The van der Waals surface area contributed by atoms with Gasteiger partial charge in [0.25, 0.3) is 0 Å². The second kappa shape index (κ2) is 7.68. The number of halogens is 1. The lowest BCUT2D eigenvalue weighted by Gasteiger charge is -2.28. The molecule has 2 aromatic carbocycles. The lowest BCUT2D eigenvalue weighted by molar-refractivity contribution is -0.112. The summed E-state index contributed by atoms with van der Waals surface area (Å²) in [7, 11) is 0. The zero-order valence-corrected chi connectivity index (χ0v) is 16.0. The molecule has 0 saturated carbocycles. The van der Waals surface area contributed by atoms with Crippen LogP contribution in [0, 0.1) is 5.82 Å². The quantitative estimate of drug-likeness (QED) is 0.620. The first-order valence-corrected chi connectivity index (χ1v) is 9.43. The molecule has 0 saturated heterocycles. The number of hydrogen-bond acceptors (Lipinski definition) is 4. The van der Waals surface area contributed by atoms with Crippen molar-refractivity contribution >= 4 is 16.9 Å². The summed E-state index contributed by atoms with van der Waals surface area (Å²) in [6.07, 6.45) is -0.501. The minimum atomic E-state index is -0.501. The topological polar surface area (TPSA) is 56.8 Å². The summed E-state index contributed by atoms with van der Waals surface area (Å²) < 4.78 is 25.8. The van der Waals surface area contributed by atoms with Gasteiger partial charge in [-0.25, -0.2) is 4.39 Å². The van der Waals surface area contributed by atoms with Gasteiger partial charge >= 0.3 is 0 Å². The highest BCUT2D eigenvalue weighted by molar-refractivity contribution is 8.13. The van der Waals surface area contributed by atoms with E-state index in [4.69, 9.17) is 15.2 Å². The predicted molar refractivity (Wildman–Crippen MR) is 104 cm³/mol. The van der Waals surface area contributed by atoms with Gasteiger partial charge < -0.3 is 15.2 Å². The van der Waals surface area contributed by atoms with Crippen LogP contribution in [0.15, 0.2) is 47.5 Å². The maximum atomic E-state index is 14.0. The van der Waals surface area contributed by atoms with E-state index in [1.54, 1.807) is 0 Å². The van der Waals surface area contributed by atoms with E-state index in [2.05, 4.69) is 4.99 Å². The van der Waals surface area contributed by atoms with E-state index >= 15 is 0 Å². The van der Waals surface area contributed by atoms with E-state index in [9.17, 15) is 4.39 Å². The van der Waals surface area contributed by atoms with Gasteiger partial charge in [-0.05, 0) is 32.9 Å². The van der Waals surface area contributed by atoms with Crippen molar-refractivity contribution in [2.45, 2.75) is 45.0 Å². The standard InChI is InChI=1S/C20H23FN2O2S/c1-20(2,3)23-19(22)26-12-15-10-16(21)9-14-11-24-18(25-17(14)15)13-7-5-4-6-8-13/h4-10,18H,11-12H2,1-3H3,(H2,22,23)/t18-/m0/s1. The molecule has 6 heteroatoms. The van der Waals surface area contributed by atoms with Crippen molar-refractivity contribution in [3.63, 3.8) is 0 Å². The van der Waals surface area contributed by atoms with Crippen molar-refractivity contribution in [3.05, 3.63) is 65.0 Å². The molecule has 1 heterocycles. The number of benzene rings is 2. The normalized spacial score (nSPS) is 17.5. The zero-order valence-electron chi connectivity index (χ0n) is 15.2. The van der Waals surface area contributed by atoms with E-state index in [1.165, 1.54) is 23.9 Å². The Bertz CT molecular complexity index is 803. The van der Waals surface area contributed by atoms with Gasteiger partial charge in [0.05, 0.1) is 12.1 Å². The third-order valence-electron chi connectivity index (χ3n) is 3.72. The van der Waals surface area contributed by atoms with Crippen molar-refractivity contribution < 1.29 is 13.9 Å². The Morgan fingerprint density at radius 1 is 1.27 bits per heavy atom. The Morgan fingerprint density at radius 3 is 2.69 bits per heavy atom. The highest BCUT2D eigenvalue weighted by atomic mass is 32.2. The van der Waals surface area contributed by atoms with Crippen LogP contribution < -0.4 is 10.5 Å². The van der Waals surface area contributed by atoms with E-state index in [1.807, 2.05) is 51.1 Å². The predicted octanol–water partition coefficient (Wildman–Crippen LogP) is 4.78. The van der Waals surface area contributed by atoms with Gasteiger partial charge in [0, 0.05) is 22.4 Å². The summed E-state index contributed by atoms with van der Waals surface area (Å²) >= 11 is 1.38. The Labute approximate surface area is 157 Å². The number of amidine groups is 1. The molecule has 3 rings (SSSR count). The minimum absolute atomic E-state index is 0.249. The summed E-state index contributed by atoms with van der Waals surface area (Å²) in [5, 5.41) is 0.474. The van der Waals surface area contributed by atoms with E-state index < -0.39 is 6.29 Å². The first-order chi connectivity index (χ1) is 12.3. The number of aliphatic imine (C=N–C) groups is 1. The number of nitrogens with zero attached hydrogens (tertiary/aromatic N) is 1. The van der Waals surface area contributed by atoms with Crippen LogP contribution in [0.1, 0.15) is 43.8 Å². The molecule has 2 N–H and O–H groups in total. The SMILES string of the molecule is CC(C)(C)N=C(N)SCc1cc(F)cc2c1O[C@@H](c1ccccc1)OC2. The van der Waals surface area contributed by atoms with Gasteiger partial charge in [0.1, 0.15) is 11.6 Å². The van der Waals surface area contributed by atoms with Crippen LogP contribution in [0.5, 0.6) is 5.75 Å². The molecule has 0 radical (unpaired) electrons. The van der Waals surface area contributed by atoms with Crippen LogP contribution in [-0.4, -0.2) is 10.7 Å². The Balaban J connectivity index is 1.82. The molecule has 0 amide bonds. The lowest BCUT2D eigenvalue weighted by atomic mass is 10.1. The maximum Gasteiger partial charge on any atom is 0.227 e. The van der Waals surface area contributed by atoms with Gasteiger partial charge in [-0.15, -0.1) is 0 Å². The third-order valence-corrected chi connectivity index (χ3v) is 4.56. The van der Waals surface area contributed by atoms with E-state index in [0.29, 0.717) is 28.8 Å². The largest absolute Gasteiger partial charge is 0.460 e. The van der Waals surface area contributed by atoms with E-state index in [0.717, 1.165) is 11.1 Å². The number of rotatable bonds is 3. The van der Waals surface area contributed by atoms with Gasteiger partial charge in [-0.2, -0.15) is 0 Å². The molecular formula is C20H23FN2O2S.